The summed E-state index contributed by atoms with van der Waals surface area (Å²) in [6.45, 7) is 5.67. The van der Waals surface area contributed by atoms with Crippen LogP contribution in [0.25, 0.3) is 0 Å². The molecule has 0 saturated heterocycles. The van der Waals surface area contributed by atoms with Gasteiger partial charge in [-0.25, -0.2) is 0 Å². The molecule has 0 aliphatic heterocycles. The molecular formula is C18H24N4OS. The highest BCUT2D eigenvalue weighted by molar-refractivity contribution is 7.99. The second-order valence-electron chi connectivity index (χ2n) is 6.32. The fraction of sp³-hybridized carbons (Fsp3) is 0.500. The molecule has 1 saturated carbocycles. The van der Waals surface area contributed by atoms with Crippen molar-refractivity contribution in [3.8, 4) is 0 Å². The third-order valence-electron chi connectivity index (χ3n) is 4.42. The zero-order valence-corrected chi connectivity index (χ0v) is 15.3. The van der Waals surface area contributed by atoms with Crippen molar-refractivity contribution in [1.29, 1.82) is 0 Å². The first-order valence-corrected chi connectivity index (χ1v) is 9.43. The molecule has 3 rings (SSSR count). The van der Waals surface area contributed by atoms with Crippen molar-refractivity contribution in [2.75, 3.05) is 12.8 Å². The topological polar surface area (TPSA) is 51.0 Å². The quantitative estimate of drug-likeness (QED) is 0.724. The third-order valence-corrected chi connectivity index (χ3v) is 5.37. The standard InChI is InChI=1S/C18H24N4OS/c1-4-22-17(14-9-10-14)19-20-18(22)24-12-16(23)21(3)11-15-8-6-5-7-13(15)2/h5-8,14H,4,9-12H2,1-3H3. The highest BCUT2D eigenvalue weighted by Gasteiger charge is 2.30. The van der Waals surface area contributed by atoms with E-state index < -0.39 is 0 Å². The third kappa shape index (κ3) is 3.80. The summed E-state index contributed by atoms with van der Waals surface area (Å²) < 4.78 is 2.15. The molecule has 0 unspecified atom stereocenters. The fourth-order valence-electron chi connectivity index (χ4n) is 2.72. The summed E-state index contributed by atoms with van der Waals surface area (Å²) in [7, 11) is 1.86. The molecule has 1 aromatic carbocycles. The lowest BCUT2D eigenvalue weighted by Gasteiger charge is -2.18. The number of carbonyl (C=O) groups excluding carboxylic acids is 1. The maximum absolute atomic E-state index is 12.4. The molecule has 1 aliphatic carbocycles. The Morgan fingerprint density at radius 1 is 1.33 bits per heavy atom. The zero-order valence-electron chi connectivity index (χ0n) is 14.5. The van der Waals surface area contributed by atoms with Gasteiger partial charge in [-0.15, -0.1) is 10.2 Å². The van der Waals surface area contributed by atoms with Gasteiger partial charge in [0.05, 0.1) is 5.75 Å². The van der Waals surface area contributed by atoms with Crippen molar-refractivity contribution >= 4 is 17.7 Å². The van der Waals surface area contributed by atoms with Crippen LogP contribution in [0.2, 0.25) is 0 Å². The van der Waals surface area contributed by atoms with Crippen LogP contribution in [-0.2, 0) is 17.9 Å². The minimum Gasteiger partial charge on any atom is -0.341 e. The summed E-state index contributed by atoms with van der Waals surface area (Å²) in [5.41, 5.74) is 2.40. The molecule has 0 radical (unpaired) electrons. The normalized spacial score (nSPS) is 14.0. The van der Waals surface area contributed by atoms with Crippen LogP contribution in [0.4, 0.5) is 0 Å². The van der Waals surface area contributed by atoms with Crippen LogP contribution in [0.3, 0.4) is 0 Å². The Morgan fingerprint density at radius 2 is 2.08 bits per heavy atom. The van der Waals surface area contributed by atoms with E-state index in [0.717, 1.165) is 17.5 Å². The number of hydrogen-bond acceptors (Lipinski definition) is 4. The average Bonchev–Trinajstić information content (AvgIpc) is 3.34. The fourth-order valence-corrected chi connectivity index (χ4v) is 3.67. The van der Waals surface area contributed by atoms with Gasteiger partial charge < -0.3 is 9.47 Å². The maximum atomic E-state index is 12.4. The Morgan fingerprint density at radius 3 is 2.75 bits per heavy atom. The molecular weight excluding hydrogens is 320 g/mol. The number of benzene rings is 1. The Balaban J connectivity index is 1.58. The van der Waals surface area contributed by atoms with E-state index in [9.17, 15) is 4.79 Å². The largest absolute Gasteiger partial charge is 0.341 e. The molecule has 0 bridgehead atoms. The van der Waals surface area contributed by atoms with Crippen molar-refractivity contribution in [2.24, 2.45) is 0 Å². The van der Waals surface area contributed by atoms with Crippen LogP contribution in [0.15, 0.2) is 29.4 Å². The van der Waals surface area contributed by atoms with Gasteiger partial charge in [0.1, 0.15) is 5.82 Å². The van der Waals surface area contributed by atoms with Gasteiger partial charge in [-0.05, 0) is 37.8 Å². The SMILES string of the molecule is CCn1c(SCC(=O)N(C)Cc2ccccc2C)nnc1C1CC1. The molecule has 2 aromatic rings. The lowest BCUT2D eigenvalue weighted by Crippen LogP contribution is -2.28. The highest BCUT2D eigenvalue weighted by atomic mass is 32.2. The van der Waals surface area contributed by atoms with Crippen molar-refractivity contribution in [1.82, 2.24) is 19.7 Å². The van der Waals surface area contributed by atoms with E-state index >= 15 is 0 Å². The Hall–Kier alpha value is -1.82. The molecule has 1 aliphatic rings. The number of carbonyl (C=O) groups is 1. The van der Waals surface area contributed by atoms with Gasteiger partial charge in [0, 0.05) is 26.1 Å². The number of hydrogen-bond donors (Lipinski definition) is 0. The minimum absolute atomic E-state index is 0.113. The molecule has 0 N–H and O–H groups in total. The molecule has 0 spiro atoms. The summed E-state index contributed by atoms with van der Waals surface area (Å²) in [6.07, 6.45) is 2.42. The van der Waals surface area contributed by atoms with Crippen molar-refractivity contribution in [2.45, 2.75) is 50.9 Å². The van der Waals surface area contributed by atoms with Crippen LogP contribution in [0.1, 0.15) is 42.6 Å². The van der Waals surface area contributed by atoms with Crippen LogP contribution in [0, 0.1) is 6.92 Å². The van der Waals surface area contributed by atoms with Gasteiger partial charge in [0.25, 0.3) is 0 Å². The maximum Gasteiger partial charge on any atom is 0.233 e. The zero-order chi connectivity index (χ0) is 17.1. The number of thioether (sulfide) groups is 1. The molecule has 1 heterocycles. The predicted octanol–water partition coefficient (Wildman–Crippen LogP) is 3.23. The molecule has 6 heteroatoms. The first-order valence-electron chi connectivity index (χ1n) is 8.44. The Kier molecular flexibility index (Phi) is 5.23. The van der Waals surface area contributed by atoms with Gasteiger partial charge >= 0.3 is 0 Å². The van der Waals surface area contributed by atoms with Gasteiger partial charge in [0.15, 0.2) is 5.16 Å². The second kappa shape index (κ2) is 7.38. The van der Waals surface area contributed by atoms with E-state index in [2.05, 4.69) is 40.7 Å². The average molecular weight is 344 g/mol. The van der Waals surface area contributed by atoms with Crippen LogP contribution in [0.5, 0.6) is 0 Å². The number of aryl methyl sites for hydroxylation is 1. The lowest BCUT2D eigenvalue weighted by atomic mass is 10.1. The van der Waals surface area contributed by atoms with Gasteiger partial charge in [-0.1, -0.05) is 36.0 Å². The van der Waals surface area contributed by atoms with Crippen LogP contribution in [-0.4, -0.2) is 38.4 Å². The van der Waals surface area contributed by atoms with Crippen LogP contribution >= 0.6 is 11.8 Å². The summed E-state index contributed by atoms with van der Waals surface area (Å²) in [5, 5.41) is 9.46. The summed E-state index contributed by atoms with van der Waals surface area (Å²) >= 11 is 1.49. The molecule has 5 nitrogen and oxygen atoms in total. The minimum atomic E-state index is 0.113. The van der Waals surface area contributed by atoms with E-state index in [1.807, 2.05) is 19.2 Å². The van der Waals surface area contributed by atoms with Crippen molar-refractivity contribution < 1.29 is 4.79 Å². The van der Waals surface area contributed by atoms with E-state index in [0.29, 0.717) is 18.2 Å². The molecule has 1 fully saturated rings. The number of amides is 1. The van der Waals surface area contributed by atoms with E-state index in [1.165, 1.54) is 35.7 Å². The number of nitrogens with zero attached hydrogens (tertiary/aromatic N) is 4. The summed E-state index contributed by atoms with van der Waals surface area (Å²) in [4.78, 5) is 14.2. The van der Waals surface area contributed by atoms with E-state index in [4.69, 9.17) is 0 Å². The van der Waals surface area contributed by atoms with Gasteiger partial charge in [-0.3, -0.25) is 4.79 Å². The number of aromatic nitrogens is 3. The lowest BCUT2D eigenvalue weighted by molar-refractivity contribution is -0.127. The summed E-state index contributed by atoms with van der Waals surface area (Å²) in [5.74, 6) is 2.17. The Bertz CT molecular complexity index is 724. The molecule has 24 heavy (non-hydrogen) atoms. The smallest absolute Gasteiger partial charge is 0.233 e. The predicted molar refractivity (Wildman–Crippen MR) is 96.0 cm³/mol. The summed E-state index contributed by atoms with van der Waals surface area (Å²) in [6, 6.07) is 8.18. The van der Waals surface area contributed by atoms with Crippen molar-refractivity contribution in [3.63, 3.8) is 0 Å². The first-order chi connectivity index (χ1) is 11.6. The van der Waals surface area contributed by atoms with Gasteiger partial charge in [0.2, 0.25) is 5.91 Å². The first kappa shape index (κ1) is 17.0. The van der Waals surface area contributed by atoms with Gasteiger partial charge in [-0.2, -0.15) is 0 Å². The number of rotatable bonds is 7. The molecule has 1 amide bonds. The Labute approximate surface area is 147 Å². The molecule has 0 atom stereocenters. The van der Waals surface area contributed by atoms with Crippen molar-refractivity contribution in [3.05, 3.63) is 41.2 Å². The van der Waals surface area contributed by atoms with E-state index in [1.54, 1.807) is 4.90 Å². The molecule has 1 aromatic heterocycles. The molecule has 128 valence electrons. The monoisotopic (exact) mass is 344 g/mol. The highest BCUT2D eigenvalue weighted by Crippen LogP contribution is 2.39. The second-order valence-corrected chi connectivity index (χ2v) is 7.27. The van der Waals surface area contributed by atoms with Crippen LogP contribution < -0.4 is 0 Å². The van der Waals surface area contributed by atoms with E-state index in [-0.39, 0.29) is 5.91 Å².